The number of Topliss-reactive ketones (excluding diaryl/α,β-unsaturated/α-hetero) is 1. The minimum atomic E-state index is -4.11. The first-order chi connectivity index (χ1) is 12.6. The Labute approximate surface area is 158 Å². The number of nitrogens with one attached hydrogen (secondary N) is 1. The first-order valence-corrected chi connectivity index (χ1v) is 9.47. The Balaban J connectivity index is 2.04. The highest BCUT2D eigenvalue weighted by Crippen LogP contribution is 2.31. The van der Waals surface area contributed by atoms with Crippen LogP contribution in [0, 0.1) is 17.0 Å². The maximum absolute atomic E-state index is 12.6. The van der Waals surface area contributed by atoms with Crippen LogP contribution in [0.3, 0.4) is 0 Å². The molecule has 0 saturated carbocycles. The zero-order valence-corrected chi connectivity index (χ0v) is 15.7. The number of aryl methyl sites for hydroxylation is 1. The van der Waals surface area contributed by atoms with Crippen molar-refractivity contribution >= 4 is 49.8 Å². The Morgan fingerprint density at radius 3 is 2.56 bits per heavy atom. The zero-order valence-electron chi connectivity index (χ0n) is 14.1. The lowest BCUT2D eigenvalue weighted by Crippen LogP contribution is -2.13. The molecule has 140 valence electrons. The fourth-order valence-electron chi connectivity index (χ4n) is 2.73. The van der Waals surface area contributed by atoms with Crippen molar-refractivity contribution in [3.63, 3.8) is 0 Å². The third-order valence-electron chi connectivity index (χ3n) is 3.89. The molecule has 2 aromatic carbocycles. The molecule has 0 aliphatic rings. The van der Waals surface area contributed by atoms with E-state index in [4.69, 9.17) is 16.0 Å². The first kappa shape index (κ1) is 18.9. The van der Waals surface area contributed by atoms with Crippen molar-refractivity contribution in [2.75, 3.05) is 4.72 Å². The number of sulfonamides is 1. The second-order valence-corrected chi connectivity index (χ2v) is 7.87. The van der Waals surface area contributed by atoms with Gasteiger partial charge in [0.2, 0.25) is 0 Å². The quantitative estimate of drug-likeness (QED) is 0.381. The lowest BCUT2D eigenvalue weighted by molar-refractivity contribution is -0.384. The number of furan rings is 1. The molecule has 0 atom stereocenters. The standard InChI is InChI=1S/C17H13ClN2O6S/c1-9(21)17-10(2)26-16-6-3-11(7-13(16)17)19-27(24,25)12-4-5-14(18)15(8-12)20(22)23/h3-8,19H,1-2H3. The van der Waals surface area contributed by atoms with Crippen LogP contribution in [0.5, 0.6) is 0 Å². The Morgan fingerprint density at radius 2 is 1.93 bits per heavy atom. The molecular formula is C17H13ClN2O6S. The van der Waals surface area contributed by atoms with E-state index in [1.54, 1.807) is 6.92 Å². The van der Waals surface area contributed by atoms with Crippen LogP contribution in [-0.4, -0.2) is 19.1 Å². The highest BCUT2D eigenvalue weighted by Gasteiger charge is 2.22. The lowest BCUT2D eigenvalue weighted by Gasteiger charge is -2.08. The predicted octanol–water partition coefficient (Wildman–Crippen LogP) is 4.31. The molecule has 10 heteroatoms. The molecule has 3 rings (SSSR count). The highest BCUT2D eigenvalue weighted by atomic mass is 35.5. The van der Waals surface area contributed by atoms with Gasteiger partial charge in [-0.05, 0) is 44.2 Å². The monoisotopic (exact) mass is 408 g/mol. The molecule has 1 heterocycles. The molecule has 0 radical (unpaired) electrons. The number of nitro groups is 1. The first-order valence-electron chi connectivity index (χ1n) is 7.61. The maximum atomic E-state index is 12.6. The second-order valence-electron chi connectivity index (χ2n) is 5.78. The van der Waals surface area contributed by atoms with Gasteiger partial charge in [-0.1, -0.05) is 11.6 Å². The smallest absolute Gasteiger partial charge is 0.289 e. The van der Waals surface area contributed by atoms with Crippen molar-refractivity contribution in [3.05, 3.63) is 62.9 Å². The van der Waals surface area contributed by atoms with Crippen LogP contribution in [0.1, 0.15) is 23.0 Å². The van der Waals surface area contributed by atoms with Crippen molar-refractivity contribution in [3.8, 4) is 0 Å². The topological polar surface area (TPSA) is 120 Å². The minimum absolute atomic E-state index is 0.166. The largest absolute Gasteiger partial charge is 0.461 e. The summed E-state index contributed by atoms with van der Waals surface area (Å²) >= 11 is 5.72. The molecule has 3 aromatic rings. The molecule has 0 saturated heterocycles. The molecule has 1 N–H and O–H groups in total. The Morgan fingerprint density at radius 1 is 1.22 bits per heavy atom. The fourth-order valence-corrected chi connectivity index (χ4v) is 3.99. The summed E-state index contributed by atoms with van der Waals surface area (Å²) in [6.45, 7) is 3.04. The van der Waals surface area contributed by atoms with Crippen molar-refractivity contribution < 1.29 is 22.6 Å². The normalized spacial score (nSPS) is 11.5. The average Bonchev–Trinajstić information content (AvgIpc) is 2.89. The number of halogens is 1. The summed E-state index contributed by atoms with van der Waals surface area (Å²) in [5.74, 6) is 0.227. The van der Waals surface area contributed by atoms with Gasteiger partial charge in [0.05, 0.1) is 15.4 Å². The Bertz CT molecular complexity index is 1200. The molecule has 0 aliphatic carbocycles. The van der Waals surface area contributed by atoms with Gasteiger partial charge in [0, 0.05) is 17.1 Å². The number of carbonyl (C=O) groups excluding carboxylic acids is 1. The van der Waals surface area contributed by atoms with Gasteiger partial charge in [-0.15, -0.1) is 0 Å². The van der Waals surface area contributed by atoms with Crippen molar-refractivity contribution in [2.24, 2.45) is 0 Å². The molecule has 27 heavy (non-hydrogen) atoms. The molecule has 0 amide bonds. The summed E-state index contributed by atoms with van der Waals surface area (Å²) in [5, 5.41) is 11.3. The lowest BCUT2D eigenvalue weighted by atomic mass is 10.1. The van der Waals surface area contributed by atoms with E-state index in [0.717, 1.165) is 12.1 Å². The van der Waals surface area contributed by atoms with Gasteiger partial charge in [0.1, 0.15) is 16.4 Å². The van der Waals surface area contributed by atoms with Crippen LogP contribution < -0.4 is 4.72 Å². The van der Waals surface area contributed by atoms with E-state index in [1.165, 1.54) is 31.2 Å². The molecule has 1 aromatic heterocycles. The number of fused-ring (bicyclic) bond motifs is 1. The second kappa shape index (κ2) is 6.67. The van der Waals surface area contributed by atoms with Gasteiger partial charge in [-0.2, -0.15) is 0 Å². The van der Waals surface area contributed by atoms with E-state index in [2.05, 4.69) is 4.72 Å². The number of rotatable bonds is 5. The number of ketones is 1. The molecule has 0 aliphatic heterocycles. The van der Waals surface area contributed by atoms with Crippen molar-refractivity contribution in [1.29, 1.82) is 0 Å². The van der Waals surface area contributed by atoms with Crippen LogP contribution in [0.4, 0.5) is 11.4 Å². The zero-order chi connectivity index (χ0) is 19.9. The number of nitrogens with zero attached hydrogens (tertiary/aromatic N) is 1. The third kappa shape index (κ3) is 3.51. The van der Waals surface area contributed by atoms with E-state index in [9.17, 15) is 23.3 Å². The summed E-state index contributed by atoms with van der Waals surface area (Å²) in [7, 11) is -4.11. The maximum Gasteiger partial charge on any atom is 0.289 e. The summed E-state index contributed by atoms with van der Waals surface area (Å²) in [4.78, 5) is 21.7. The van der Waals surface area contributed by atoms with Gasteiger partial charge in [-0.3, -0.25) is 19.6 Å². The van der Waals surface area contributed by atoms with Crippen LogP contribution in [0.2, 0.25) is 5.02 Å². The van der Waals surface area contributed by atoms with Gasteiger partial charge < -0.3 is 4.42 Å². The average molecular weight is 409 g/mol. The molecule has 0 unspecified atom stereocenters. The van der Waals surface area contributed by atoms with Gasteiger partial charge in [-0.25, -0.2) is 8.42 Å². The van der Waals surface area contributed by atoms with E-state index in [1.807, 2.05) is 0 Å². The van der Waals surface area contributed by atoms with Gasteiger partial charge in [0.25, 0.3) is 15.7 Å². The van der Waals surface area contributed by atoms with E-state index < -0.39 is 20.6 Å². The van der Waals surface area contributed by atoms with Crippen LogP contribution >= 0.6 is 11.6 Å². The Kier molecular flexibility index (Phi) is 4.66. The van der Waals surface area contributed by atoms with E-state index in [-0.39, 0.29) is 21.4 Å². The molecule has 8 nitrogen and oxygen atoms in total. The Hall–Kier alpha value is -2.91. The highest BCUT2D eigenvalue weighted by molar-refractivity contribution is 7.92. The van der Waals surface area contributed by atoms with E-state index in [0.29, 0.717) is 22.3 Å². The molecule has 0 bridgehead atoms. The number of nitro benzene ring substituents is 1. The van der Waals surface area contributed by atoms with E-state index >= 15 is 0 Å². The van der Waals surface area contributed by atoms with Gasteiger partial charge in [0.15, 0.2) is 5.78 Å². The third-order valence-corrected chi connectivity index (χ3v) is 5.59. The number of anilines is 1. The van der Waals surface area contributed by atoms with Crippen molar-refractivity contribution in [2.45, 2.75) is 18.7 Å². The molecular weight excluding hydrogens is 396 g/mol. The molecule has 0 spiro atoms. The number of hydrogen-bond acceptors (Lipinski definition) is 6. The van der Waals surface area contributed by atoms with Crippen LogP contribution in [0.25, 0.3) is 11.0 Å². The SMILES string of the molecule is CC(=O)c1c(C)oc2ccc(NS(=O)(=O)c3ccc(Cl)c([N+](=O)[O-])c3)cc12. The van der Waals surface area contributed by atoms with Crippen LogP contribution in [-0.2, 0) is 10.0 Å². The number of benzene rings is 2. The summed E-state index contributed by atoms with van der Waals surface area (Å²) < 4.78 is 33.0. The minimum Gasteiger partial charge on any atom is -0.461 e. The number of carbonyl (C=O) groups is 1. The fraction of sp³-hybridized carbons (Fsp3) is 0.118. The number of hydrogen-bond donors (Lipinski definition) is 1. The summed E-state index contributed by atoms with van der Waals surface area (Å²) in [6.07, 6.45) is 0. The summed E-state index contributed by atoms with van der Waals surface area (Å²) in [5.41, 5.74) is 0.485. The summed E-state index contributed by atoms with van der Waals surface area (Å²) in [6, 6.07) is 7.68. The van der Waals surface area contributed by atoms with Crippen LogP contribution in [0.15, 0.2) is 45.7 Å². The predicted molar refractivity (Wildman–Crippen MR) is 99.9 cm³/mol. The molecule has 0 fully saturated rings. The van der Waals surface area contributed by atoms with Gasteiger partial charge >= 0.3 is 0 Å². The van der Waals surface area contributed by atoms with Crippen molar-refractivity contribution in [1.82, 2.24) is 0 Å².